The molecule has 0 saturated heterocycles. The summed E-state index contributed by atoms with van der Waals surface area (Å²) in [6, 6.07) is 3.69. The number of furan rings is 1. The molecule has 1 rings (SSSR count). The van der Waals surface area contributed by atoms with Crippen molar-refractivity contribution in [1.82, 2.24) is 5.32 Å². The highest BCUT2D eigenvalue weighted by molar-refractivity contribution is 5.76. The van der Waals surface area contributed by atoms with E-state index in [1.165, 1.54) is 0 Å². The largest absolute Gasteiger partial charge is 0.469 e. The fraction of sp³-hybridized carbons (Fsp3) is 0.583. The van der Waals surface area contributed by atoms with E-state index in [1.807, 2.05) is 26.0 Å². The molecule has 1 N–H and O–H groups in total. The zero-order chi connectivity index (χ0) is 11.8. The molecule has 0 atom stereocenters. The first-order chi connectivity index (χ1) is 7.68. The summed E-state index contributed by atoms with van der Waals surface area (Å²) < 4.78 is 10.4. The van der Waals surface area contributed by atoms with Crippen molar-refractivity contribution in [3.63, 3.8) is 0 Å². The maximum absolute atomic E-state index is 11.4. The van der Waals surface area contributed by atoms with Gasteiger partial charge in [0.05, 0.1) is 19.0 Å². The molecule has 0 aliphatic carbocycles. The first-order valence-corrected chi connectivity index (χ1v) is 5.59. The summed E-state index contributed by atoms with van der Waals surface area (Å²) in [5.74, 6) is 0.873. The molecule has 0 spiro atoms. The van der Waals surface area contributed by atoms with Crippen LogP contribution < -0.4 is 5.32 Å². The molecule has 4 nitrogen and oxygen atoms in total. The Morgan fingerprint density at radius 3 is 3.00 bits per heavy atom. The quantitative estimate of drug-likeness (QED) is 0.719. The second-order valence-electron chi connectivity index (χ2n) is 3.85. The Kier molecular flexibility index (Phi) is 5.64. The van der Waals surface area contributed by atoms with E-state index in [2.05, 4.69) is 5.32 Å². The number of rotatable bonds is 7. The molecule has 1 aromatic rings. The lowest BCUT2D eigenvalue weighted by Gasteiger charge is -2.08. The number of nitrogens with one attached hydrogen (secondary N) is 1. The maximum Gasteiger partial charge on any atom is 0.220 e. The first kappa shape index (κ1) is 12.8. The predicted molar refractivity (Wildman–Crippen MR) is 61.1 cm³/mol. The normalized spacial score (nSPS) is 10.7. The average Bonchev–Trinajstić information content (AvgIpc) is 2.74. The molecule has 0 bridgehead atoms. The van der Waals surface area contributed by atoms with Gasteiger partial charge in [0, 0.05) is 19.4 Å². The van der Waals surface area contributed by atoms with E-state index in [9.17, 15) is 4.79 Å². The summed E-state index contributed by atoms with van der Waals surface area (Å²) in [7, 11) is 0. The lowest BCUT2D eigenvalue weighted by Crippen LogP contribution is -2.28. The molecule has 1 amide bonds. The molecule has 90 valence electrons. The van der Waals surface area contributed by atoms with Crippen molar-refractivity contribution < 1.29 is 13.9 Å². The van der Waals surface area contributed by atoms with E-state index in [-0.39, 0.29) is 12.0 Å². The zero-order valence-corrected chi connectivity index (χ0v) is 9.86. The highest BCUT2D eigenvalue weighted by Crippen LogP contribution is 2.02. The molecule has 0 fully saturated rings. The lowest BCUT2D eigenvalue weighted by molar-refractivity contribution is -0.121. The van der Waals surface area contributed by atoms with Gasteiger partial charge < -0.3 is 14.5 Å². The highest BCUT2D eigenvalue weighted by Gasteiger charge is 2.03. The van der Waals surface area contributed by atoms with Crippen LogP contribution in [0.3, 0.4) is 0 Å². The van der Waals surface area contributed by atoms with Gasteiger partial charge in [-0.3, -0.25) is 4.79 Å². The van der Waals surface area contributed by atoms with E-state index in [1.54, 1.807) is 6.26 Å². The Bertz CT molecular complexity index is 293. The Labute approximate surface area is 96.0 Å². The molecular weight excluding hydrogens is 206 g/mol. The van der Waals surface area contributed by atoms with Crippen LogP contribution in [-0.2, 0) is 16.0 Å². The van der Waals surface area contributed by atoms with E-state index in [4.69, 9.17) is 9.15 Å². The second kappa shape index (κ2) is 7.06. The van der Waals surface area contributed by atoms with Crippen LogP contribution in [-0.4, -0.2) is 25.2 Å². The summed E-state index contributed by atoms with van der Waals surface area (Å²) in [5, 5.41) is 2.79. The summed E-state index contributed by atoms with van der Waals surface area (Å²) in [6.07, 6.45) is 2.92. The molecule has 4 heteroatoms. The van der Waals surface area contributed by atoms with Crippen molar-refractivity contribution in [2.45, 2.75) is 32.8 Å². The van der Waals surface area contributed by atoms with Gasteiger partial charge in [-0.2, -0.15) is 0 Å². The van der Waals surface area contributed by atoms with Crippen LogP contribution >= 0.6 is 0 Å². The van der Waals surface area contributed by atoms with Crippen LogP contribution in [0.15, 0.2) is 22.8 Å². The second-order valence-corrected chi connectivity index (χ2v) is 3.85. The maximum atomic E-state index is 11.4. The van der Waals surface area contributed by atoms with Crippen LogP contribution in [0.2, 0.25) is 0 Å². The van der Waals surface area contributed by atoms with Gasteiger partial charge >= 0.3 is 0 Å². The fourth-order valence-corrected chi connectivity index (χ4v) is 1.27. The van der Waals surface area contributed by atoms with Gasteiger partial charge in [-0.05, 0) is 26.0 Å². The smallest absolute Gasteiger partial charge is 0.220 e. The molecule has 0 saturated carbocycles. The van der Waals surface area contributed by atoms with Crippen LogP contribution in [0, 0.1) is 0 Å². The SMILES string of the molecule is CC(C)OCCNC(=O)CCc1ccco1. The van der Waals surface area contributed by atoms with E-state index in [0.717, 1.165) is 5.76 Å². The van der Waals surface area contributed by atoms with Crippen molar-refractivity contribution in [3.8, 4) is 0 Å². The summed E-state index contributed by atoms with van der Waals surface area (Å²) in [5.41, 5.74) is 0. The van der Waals surface area contributed by atoms with Crippen molar-refractivity contribution in [3.05, 3.63) is 24.2 Å². The standard InChI is InChI=1S/C12H19NO3/c1-10(2)15-9-7-13-12(14)6-5-11-4-3-8-16-11/h3-4,8,10H,5-7,9H2,1-2H3,(H,13,14). The minimum Gasteiger partial charge on any atom is -0.469 e. The van der Waals surface area contributed by atoms with Gasteiger partial charge in [-0.25, -0.2) is 0 Å². The third-order valence-corrected chi connectivity index (χ3v) is 2.05. The van der Waals surface area contributed by atoms with Gasteiger partial charge in [0.2, 0.25) is 5.91 Å². The Morgan fingerprint density at radius 1 is 1.56 bits per heavy atom. The lowest BCUT2D eigenvalue weighted by atomic mass is 10.2. The van der Waals surface area contributed by atoms with E-state index >= 15 is 0 Å². The van der Waals surface area contributed by atoms with Gasteiger partial charge in [-0.15, -0.1) is 0 Å². The van der Waals surface area contributed by atoms with Crippen LogP contribution in [0.25, 0.3) is 0 Å². The summed E-state index contributed by atoms with van der Waals surface area (Å²) >= 11 is 0. The Balaban J connectivity index is 2.03. The van der Waals surface area contributed by atoms with E-state index in [0.29, 0.717) is 26.0 Å². The minimum absolute atomic E-state index is 0.0313. The van der Waals surface area contributed by atoms with Crippen molar-refractivity contribution in [2.75, 3.05) is 13.2 Å². The number of ether oxygens (including phenoxy) is 1. The monoisotopic (exact) mass is 225 g/mol. The fourth-order valence-electron chi connectivity index (χ4n) is 1.27. The molecular formula is C12H19NO3. The number of hydrogen-bond acceptors (Lipinski definition) is 3. The molecule has 1 heterocycles. The zero-order valence-electron chi connectivity index (χ0n) is 9.86. The molecule has 0 aliphatic heterocycles. The van der Waals surface area contributed by atoms with Gasteiger partial charge in [-0.1, -0.05) is 0 Å². The number of amides is 1. The first-order valence-electron chi connectivity index (χ1n) is 5.59. The molecule has 0 unspecified atom stereocenters. The molecule has 1 aromatic heterocycles. The predicted octanol–water partition coefficient (Wildman–Crippen LogP) is 1.75. The number of carbonyl (C=O) groups excluding carboxylic acids is 1. The van der Waals surface area contributed by atoms with Crippen LogP contribution in [0.1, 0.15) is 26.0 Å². The van der Waals surface area contributed by atoms with Gasteiger partial charge in [0.1, 0.15) is 5.76 Å². The topological polar surface area (TPSA) is 51.5 Å². The number of aryl methyl sites for hydroxylation is 1. The van der Waals surface area contributed by atoms with Gasteiger partial charge in [0.25, 0.3) is 0 Å². The molecule has 0 radical (unpaired) electrons. The molecule has 0 aromatic carbocycles. The third-order valence-electron chi connectivity index (χ3n) is 2.05. The minimum atomic E-state index is 0.0313. The van der Waals surface area contributed by atoms with Crippen LogP contribution in [0.4, 0.5) is 0 Å². The third kappa shape index (κ3) is 5.56. The summed E-state index contributed by atoms with van der Waals surface area (Å²) in [6.45, 7) is 5.07. The van der Waals surface area contributed by atoms with Crippen LogP contribution in [0.5, 0.6) is 0 Å². The van der Waals surface area contributed by atoms with Crippen molar-refractivity contribution >= 4 is 5.91 Å². The van der Waals surface area contributed by atoms with Crippen molar-refractivity contribution in [2.24, 2.45) is 0 Å². The summed E-state index contributed by atoms with van der Waals surface area (Å²) in [4.78, 5) is 11.4. The molecule has 16 heavy (non-hydrogen) atoms. The van der Waals surface area contributed by atoms with E-state index < -0.39 is 0 Å². The highest BCUT2D eigenvalue weighted by atomic mass is 16.5. The Hall–Kier alpha value is -1.29. The Morgan fingerprint density at radius 2 is 2.38 bits per heavy atom. The van der Waals surface area contributed by atoms with Gasteiger partial charge in [0.15, 0.2) is 0 Å². The average molecular weight is 225 g/mol. The van der Waals surface area contributed by atoms with Crippen molar-refractivity contribution in [1.29, 1.82) is 0 Å². The number of hydrogen-bond donors (Lipinski definition) is 1. The number of carbonyl (C=O) groups is 1. The molecule has 0 aliphatic rings.